The second kappa shape index (κ2) is 17.7. The predicted molar refractivity (Wildman–Crippen MR) is 21.7 cm³/mol. The van der Waals surface area contributed by atoms with Crippen LogP contribution in [0.3, 0.4) is 0 Å². The molecule has 6 N–H and O–H groups in total. The maximum atomic E-state index is 4.90. The molecule has 6 heavy (non-hydrogen) atoms. The van der Waals surface area contributed by atoms with Gasteiger partial charge in [-0.05, 0) is 0 Å². The average Bonchev–Trinajstić information content (AvgIpc) is 1.37. The Bertz CT molecular complexity index is 13.5. The molecule has 0 aliphatic heterocycles. The summed E-state index contributed by atoms with van der Waals surface area (Å²) in [6.07, 6.45) is 0. The van der Waals surface area contributed by atoms with Crippen molar-refractivity contribution in [1.29, 1.82) is 0 Å². The Hall–Kier alpha value is 0.542. The molecule has 0 heterocycles. The van der Waals surface area contributed by atoms with E-state index in [9.17, 15) is 0 Å². The van der Waals surface area contributed by atoms with Crippen LogP contribution in [0.15, 0.2) is 0 Å². The fourth-order valence-corrected chi connectivity index (χ4v) is 0. The van der Waals surface area contributed by atoms with Gasteiger partial charge >= 0.3 is 0 Å². The summed E-state index contributed by atoms with van der Waals surface area (Å²) >= 11 is 0. The quantitative estimate of drug-likeness (QED) is 0.466. The van der Waals surface area contributed by atoms with Crippen molar-refractivity contribution in [1.82, 2.24) is 0 Å². The molecule has 0 aromatic carbocycles. The maximum absolute atomic E-state index is 4.90. The molecule has 44 valence electrons. The first-order chi connectivity index (χ1) is 1.91. The minimum absolute atomic E-state index is 0. The summed E-state index contributed by atoms with van der Waals surface area (Å²) < 4.78 is 0. The standard InChI is InChI=1S/C2H8N2.H2O.Pd/c3-1-2-4;;/h1-4H2;1H2;. The SMILES string of the molecule is NCCN.O.[Pd]. The van der Waals surface area contributed by atoms with Crippen LogP contribution in [-0.4, -0.2) is 18.6 Å². The van der Waals surface area contributed by atoms with Crippen molar-refractivity contribution in [2.75, 3.05) is 13.1 Å². The van der Waals surface area contributed by atoms with Gasteiger partial charge in [-0.2, -0.15) is 0 Å². The van der Waals surface area contributed by atoms with Gasteiger partial charge in [0.25, 0.3) is 0 Å². The molecule has 0 amide bonds. The van der Waals surface area contributed by atoms with E-state index in [0.29, 0.717) is 13.1 Å². The fraction of sp³-hybridized carbons (Fsp3) is 1.00. The molecule has 0 rings (SSSR count). The number of nitrogens with two attached hydrogens (primary N) is 2. The van der Waals surface area contributed by atoms with Gasteiger partial charge in [-0.1, -0.05) is 0 Å². The van der Waals surface area contributed by atoms with Gasteiger partial charge in [0.2, 0.25) is 0 Å². The molecule has 0 saturated carbocycles. The molecule has 0 bridgehead atoms. The van der Waals surface area contributed by atoms with E-state index in [2.05, 4.69) is 0 Å². The Kier molecular flexibility index (Phi) is 47.2. The summed E-state index contributed by atoms with van der Waals surface area (Å²) in [5.74, 6) is 0. The first-order valence-electron chi connectivity index (χ1n) is 1.32. The molecule has 3 nitrogen and oxygen atoms in total. The third-order valence-corrected chi connectivity index (χ3v) is 0.167. The second-order valence-corrected chi connectivity index (χ2v) is 0.577. The van der Waals surface area contributed by atoms with Crippen LogP contribution in [0.25, 0.3) is 0 Å². The van der Waals surface area contributed by atoms with E-state index in [4.69, 9.17) is 11.5 Å². The van der Waals surface area contributed by atoms with Gasteiger partial charge in [-0.3, -0.25) is 0 Å². The first-order valence-corrected chi connectivity index (χ1v) is 1.32. The number of rotatable bonds is 1. The van der Waals surface area contributed by atoms with E-state index >= 15 is 0 Å². The molecule has 0 fully saturated rings. The largest absolute Gasteiger partial charge is 0.412 e. The summed E-state index contributed by atoms with van der Waals surface area (Å²) in [7, 11) is 0. The zero-order valence-electron chi connectivity index (χ0n) is 3.39. The predicted octanol–water partition coefficient (Wildman–Crippen LogP) is -1.92. The molecule has 0 aromatic heterocycles. The minimum atomic E-state index is 0. The van der Waals surface area contributed by atoms with Crippen LogP contribution in [-0.2, 0) is 20.4 Å². The minimum Gasteiger partial charge on any atom is -0.412 e. The summed E-state index contributed by atoms with van der Waals surface area (Å²) in [4.78, 5) is 0. The Morgan fingerprint density at radius 2 is 1.17 bits per heavy atom. The molecule has 4 heteroatoms. The van der Waals surface area contributed by atoms with Gasteiger partial charge in [-0.25, -0.2) is 0 Å². The van der Waals surface area contributed by atoms with Gasteiger partial charge < -0.3 is 16.9 Å². The monoisotopic (exact) mass is 184 g/mol. The van der Waals surface area contributed by atoms with E-state index in [1.54, 1.807) is 0 Å². The average molecular weight is 185 g/mol. The summed E-state index contributed by atoms with van der Waals surface area (Å²) in [5, 5.41) is 0. The second-order valence-electron chi connectivity index (χ2n) is 0.577. The van der Waals surface area contributed by atoms with E-state index < -0.39 is 0 Å². The topological polar surface area (TPSA) is 83.5 Å². The van der Waals surface area contributed by atoms with Gasteiger partial charge in [0.1, 0.15) is 0 Å². The van der Waals surface area contributed by atoms with E-state index in [1.165, 1.54) is 0 Å². The van der Waals surface area contributed by atoms with Crippen molar-refractivity contribution >= 4 is 0 Å². The van der Waals surface area contributed by atoms with Crippen LogP contribution >= 0.6 is 0 Å². The van der Waals surface area contributed by atoms with Gasteiger partial charge in [-0.15, -0.1) is 0 Å². The number of hydrogen-bond donors (Lipinski definition) is 2. The van der Waals surface area contributed by atoms with Crippen molar-refractivity contribution in [2.24, 2.45) is 11.5 Å². The van der Waals surface area contributed by atoms with Crippen LogP contribution in [0.5, 0.6) is 0 Å². The van der Waals surface area contributed by atoms with Crippen molar-refractivity contribution in [3.63, 3.8) is 0 Å². The molecule has 0 spiro atoms. The molecular formula is C2H10N2OPd. The van der Waals surface area contributed by atoms with Gasteiger partial charge in [0, 0.05) is 33.5 Å². The third-order valence-electron chi connectivity index (χ3n) is 0.167. The van der Waals surface area contributed by atoms with Crippen LogP contribution in [0.4, 0.5) is 0 Å². The Labute approximate surface area is 51.0 Å². The molecule has 0 unspecified atom stereocenters. The third kappa shape index (κ3) is 24.0. The maximum Gasteiger partial charge on any atom is 0.00461 e. The van der Waals surface area contributed by atoms with Crippen LogP contribution in [0.2, 0.25) is 0 Å². The van der Waals surface area contributed by atoms with Gasteiger partial charge in [0.05, 0.1) is 0 Å². The number of hydrogen-bond acceptors (Lipinski definition) is 2. The van der Waals surface area contributed by atoms with Crippen molar-refractivity contribution in [2.45, 2.75) is 0 Å². The van der Waals surface area contributed by atoms with Crippen LogP contribution in [0.1, 0.15) is 0 Å². The zero-order chi connectivity index (χ0) is 3.41. The Balaban J connectivity index is -0.0000000450. The van der Waals surface area contributed by atoms with Gasteiger partial charge in [0.15, 0.2) is 0 Å². The van der Waals surface area contributed by atoms with E-state index in [-0.39, 0.29) is 25.9 Å². The Morgan fingerprint density at radius 3 is 1.17 bits per heavy atom. The summed E-state index contributed by atoms with van der Waals surface area (Å²) in [5.41, 5.74) is 9.81. The molecule has 0 radical (unpaired) electrons. The van der Waals surface area contributed by atoms with E-state index in [0.717, 1.165) is 0 Å². The summed E-state index contributed by atoms with van der Waals surface area (Å²) in [6, 6.07) is 0. The molecule has 0 aliphatic carbocycles. The van der Waals surface area contributed by atoms with Crippen LogP contribution in [0, 0.1) is 0 Å². The van der Waals surface area contributed by atoms with E-state index in [1.807, 2.05) is 0 Å². The van der Waals surface area contributed by atoms with Crippen LogP contribution < -0.4 is 11.5 Å². The normalized spacial score (nSPS) is 5.00. The smallest absolute Gasteiger partial charge is 0.00461 e. The Morgan fingerprint density at radius 1 is 1.00 bits per heavy atom. The molecule has 0 atom stereocenters. The molecule has 0 saturated heterocycles. The fourth-order valence-electron chi connectivity index (χ4n) is 0. The van der Waals surface area contributed by atoms with Crippen molar-refractivity contribution in [3.05, 3.63) is 0 Å². The van der Waals surface area contributed by atoms with Crippen molar-refractivity contribution < 1.29 is 25.9 Å². The summed E-state index contributed by atoms with van der Waals surface area (Å²) in [6.45, 7) is 1.19. The molecule has 0 aromatic rings. The first kappa shape index (κ1) is 16.0. The molecule has 0 aliphatic rings. The molecular weight excluding hydrogens is 174 g/mol. The zero-order valence-corrected chi connectivity index (χ0v) is 4.94. The van der Waals surface area contributed by atoms with Crippen molar-refractivity contribution in [3.8, 4) is 0 Å².